The van der Waals surface area contributed by atoms with Gasteiger partial charge in [-0.2, -0.15) is 0 Å². The lowest BCUT2D eigenvalue weighted by Crippen LogP contribution is -2.51. The van der Waals surface area contributed by atoms with Gasteiger partial charge in [-0.05, 0) is 92.9 Å². The molecule has 186 valence electrons. The van der Waals surface area contributed by atoms with Crippen molar-refractivity contribution in [2.24, 2.45) is 0 Å². The summed E-state index contributed by atoms with van der Waals surface area (Å²) >= 11 is 0. The second kappa shape index (κ2) is 10.0. The second-order valence-corrected chi connectivity index (χ2v) is 10.6. The molecule has 2 atom stereocenters. The van der Waals surface area contributed by atoms with Gasteiger partial charge in [0.1, 0.15) is 0 Å². The van der Waals surface area contributed by atoms with Gasteiger partial charge in [-0.1, -0.05) is 36.8 Å². The molecule has 6 nitrogen and oxygen atoms in total. The predicted molar refractivity (Wildman–Crippen MR) is 138 cm³/mol. The molecule has 0 bridgehead atoms. The number of carbonyl (C=O) groups excluding carboxylic acids is 1. The number of hydrogen-bond donors (Lipinski definition) is 1. The zero-order chi connectivity index (χ0) is 24.5. The quantitative estimate of drug-likeness (QED) is 0.571. The highest BCUT2D eigenvalue weighted by Gasteiger charge is 2.41. The van der Waals surface area contributed by atoms with Crippen LogP contribution in [0.4, 0.5) is 10.5 Å². The van der Waals surface area contributed by atoms with Gasteiger partial charge in [0.05, 0.1) is 6.04 Å². The second-order valence-electron chi connectivity index (χ2n) is 10.6. The number of carboxylic acid groups (broad SMARTS) is 1. The molecule has 0 unspecified atom stereocenters. The smallest absolute Gasteiger partial charge is 0.408 e. The summed E-state index contributed by atoms with van der Waals surface area (Å²) in [5, 5.41) is 10.1. The first-order valence-electron chi connectivity index (χ1n) is 13.2. The van der Waals surface area contributed by atoms with Crippen LogP contribution in [0.25, 0.3) is 11.1 Å². The highest BCUT2D eigenvalue weighted by atomic mass is 16.4. The predicted octanol–water partition coefficient (Wildman–Crippen LogP) is 6.06. The number of amides is 2. The Kier molecular flexibility index (Phi) is 6.83. The third-order valence-corrected chi connectivity index (χ3v) is 8.16. The lowest BCUT2D eigenvalue weighted by atomic mass is 9.84. The molecular weight excluding hydrogens is 438 g/mol. The van der Waals surface area contributed by atoms with Crippen molar-refractivity contribution in [1.29, 1.82) is 0 Å². The molecule has 1 saturated carbocycles. The van der Waals surface area contributed by atoms with E-state index in [0.29, 0.717) is 6.42 Å². The van der Waals surface area contributed by atoms with E-state index >= 15 is 0 Å². The van der Waals surface area contributed by atoms with Crippen molar-refractivity contribution < 1.29 is 14.7 Å². The number of rotatable bonds is 5. The SMILES string of the molecule is CC(=O)N1c2ccc(-c3ccc(CN4CCCCC4)cc3)cc2[C@H](N(C(=O)O)C2CCC2)C[C@@H]1C. The molecule has 2 heterocycles. The Morgan fingerprint density at radius 1 is 0.971 bits per heavy atom. The van der Waals surface area contributed by atoms with Gasteiger partial charge >= 0.3 is 6.09 Å². The van der Waals surface area contributed by atoms with E-state index in [0.717, 1.165) is 48.2 Å². The molecule has 2 aliphatic heterocycles. The number of fused-ring (bicyclic) bond motifs is 1. The summed E-state index contributed by atoms with van der Waals surface area (Å²) in [7, 11) is 0. The van der Waals surface area contributed by atoms with Crippen LogP contribution in [0.2, 0.25) is 0 Å². The van der Waals surface area contributed by atoms with Crippen molar-refractivity contribution in [2.45, 2.75) is 83.5 Å². The van der Waals surface area contributed by atoms with Gasteiger partial charge in [-0.3, -0.25) is 14.6 Å². The van der Waals surface area contributed by atoms with E-state index in [-0.39, 0.29) is 24.0 Å². The molecule has 1 aliphatic carbocycles. The molecule has 2 amide bonds. The zero-order valence-electron chi connectivity index (χ0n) is 20.9. The summed E-state index contributed by atoms with van der Waals surface area (Å²) in [4.78, 5) is 30.9. The van der Waals surface area contributed by atoms with Crippen molar-refractivity contribution in [3.05, 3.63) is 53.6 Å². The van der Waals surface area contributed by atoms with E-state index in [9.17, 15) is 14.7 Å². The molecule has 5 rings (SSSR count). The van der Waals surface area contributed by atoms with Gasteiger partial charge in [0, 0.05) is 31.2 Å². The molecule has 2 aromatic carbocycles. The highest BCUT2D eigenvalue weighted by molar-refractivity contribution is 5.94. The number of nitrogens with zero attached hydrogens (tertiary/aromatic N) is 3. The summed E-state index contributed by atoms with van der Waals surface area (Å²) < 4.78 is 0. The van der Waals surface area contributed by atoms with Crippen LogP contribution >= 0.6 is 0 Å². The maximum atomic E-state index is 12.5. The van der Waals surface area contributed by atoms with Crippen molar-refractivity contribution in [3.8, 4) is 11.1 Å². The third kappa shape index (κ3) is 4.81. The number of piperidine rings is 1. The van der Waals surface area contributed by atoms with Crippen LogP contribution in [-0.4, -0.2) is 52.1 Å². The molecule has 0 radical (unpaired) electrons. The first-order valence-corrected chi connectivity index (χ1v) is 13.2. The molecule has 6 heteroatoms. The molecule has 0 aromatic heterocycles. The zero-order valence-corrected chi connectivity index (χ0v) is 20.9. The largest absolute Gasteiger partial charge is 0.465 e. The fourth-order valence-electron chi connectivity index (χ4n) is 6.14. The van der Waals surface area contributed by atoms with Crippen molar-refractivity contribution in [1.82, 2.24) is 9.80 Å². The normalized spacial score (nSPS) is 22.9. The number of anilines is 1. The number of carbonyl (C=O) groups is 2. The van der Waals surface area contributed by atoms with Crippen LogP contribution in [0.15, 0.2) is 42.5 Å². The van der Waals surface area contributed by atoms with Crippen LogP contribution in [0.1, 0.15) is 76.0 Å². The molecule has 2 aromatic rings. The molecule has 3 aliphatic rings. The Balaban J connectivity index is 1.47. The number of likely N-dealkylation sites (tertiary alicyclic amines) is 1. The molecule has 2 fully saturated rings. The van der Waals surface area contributed by atoms with Crippen LogP contribution in [-0.2, 0) is 11.3 Å². The van der Waals surface area contributed by atoms with Crippen molar-refractivity contribution >= 4 is 17.7 Å². The Morgan fingerprint density at radius 3 is 2.26 bits per heavy atom. The van der Waals surface area contributed by atoms with Gasteiger partial charge in [0.25, 0.3) is 0 Å². The van der Waals surface area contributed by atoms with E-state index in [4.69, 9.17) is 0 Å². The Bertz CT molecular complexity index is 1070. The minimum Gasteiger partial charge on any atom is -0.465 e. The van der Waals surface area contributed by atoms with Gasteiger partial charge in [0.15, 0.2) is 0 Å². The van der Waals surface area contributed by atoms with Crippen LogP contribution < -0.4 is 4.90 Å². The van der Waals surface area contributed by atoms with E-state index in [2.05, 4.69) is 41.3 Å². The van der Waals surface area contributed by atoms with Gasteiger partial charge in [-0.15, -0.1) is 0 Å². The summed E-state index contributed by atoms with van der Waals surface area (Å²) in [6.07, 6.45) is 6.59. The lowest BCUT2D eigenvalue weighted by molar-refractivity contribution is -0.117. The highest BCUT2D eigenvalue weighted by Crippen LogP contribution is 2.45. The third-order valence-electron chi connectivity index (χ3n) is 8.16. The van der Waals surface area contributed by atoms with Gasteiger partial charge < -0.3 is 10.0 Å². The first kappa shape index (κ1) is 23.9. The van der Waals surface area contributed by atoms with Crippen LogP contribution in [0, 0.1) is 0 Å². The maximum absolute atomic E-state index is 12.5. The molecule has 1 N–H and O–H groups in total. The van der Waals surface area contributed by atoms with Gasteiger partial charge in [0.2, 0.25) is 5.91 Å². The Labute approximate surface area is 208 Å². The maximum Gasteiger partial charge on any atom is 0.408 e. The van der Waals surface area contributed by atoms with Crippen molar-refractivity contribution in [2.75, 3.05) is 18.0 Å². The molecule has 1 saturated heterocycles. The minimum atomic E-state index is -0.860. The van der Waals surface area contributed by atoms with Crippen LogP contribution in [0.3, 0.4) is 0 Å². The minimum absolute atomic E-state index is 0.00228. The molecular formula is C29H37N3O3. The first-order chi connectivity index (χ1) is 16.9. The van der Waals surface area contributed by atoms with E-state index in [1.807, 2.05) is 17.9 Å². The fraction of sp³-hybridized carbons (Fsp3) is 0.517. The standard InChI is InChI=1S/C29H37N3O3/c1-20-17-28(32(29(34)35)25-7-6-8-25)26-18-24(13-14-27(26)31(20)21(2)33)23-11-9-22(10-12-23)19-30-15-4-3-5-16-30/h9-14,18,20,25,28H,3-8,15-17,19H2,1-2H3,(H,34,35)/t20-,28+/m0/s1. The molecule has 0 spiro atoms. The summed E-state index contributed by atoms with van der Waals surface area (Å²) in [5.41, 5.74) is 5.30. The van der Waals surface area contributed by atoms with Gasteiger partial charge in [-0.25, -0.2) is 4.79 Å². The number of benzene rings is 2. The fourth-order valence-corrected chi connectivity index (χ4v) is 6.14. The van der Waals surface area contributed by atoms with Crippen LogP contribution in [0.5, 0.6) is 0 Å². The topological polar surface area (TPSA) is 64.1 Å². The monoisotopic (exact) mass is 475 g/mol. The summed E-state index contributed by atoms with van der Waals surface area (Å²) in [6, 6.07) is 14.7. The summed E-state index contributed by atoms with van der Waals surface area (Å²) in [6.45, 7) is 6.97. The van der Waals surface area contributed by atoms with Crippen molar-refractivity contribution in [3.63, 3.8) is 0 Å². The Hall–Kier alpha value is -2.86. The Morgan fingerprint density at radius 2 is 1.66 bits per heavy atom. The molecule has 35 heavy (non-hydrogen) atoms. The number of hydrogen-bond acceptors (Lipinski definition) is 3. The van der Waals surface area contributed by atoms with E-state index in [1.165, 1.54) is 37.9 Å². The average Bonchev–Trinajstić information content (AvgIpc) is 2.81. The summed E-state index contributed by atoms with van der Waals surface area (Å²) in [5.74, 6) is -0.00228. The lowest BCUT2D eigenvalue weighted by Gasteiger charge is -2.47. The van der Waals surface area contributed by atoms with E-state index in [1.54, 1.807) is 11.8 Å². The van der Waals surface area contributed by atoms with E-state index < -0.39 is 6.09 Å². The average molecular weight is 476 g/mol.